The number of benzene rings is 1. The zero-order valence-corrected chi connectivity index (χ0v) is 14.7. The third kappa shape index (κ3) is 3.10. The van der Waals surface area contributed by atoms with Crippen LogP contribution in [0.15, 0.2) is 35.4 Å². The number of hydrogen-bond donors (Lipinski definition) is 1. The van der Waals surface area contributed by atoms with Crippen LogP contribution in [0.2, 0.25) is 0 Å². The maximum atomic E-state index is 12.6. The number of nitrogens with zero attached hydrogens (tertiary/aromatic N) is 2. The van der Waals surface area contributed by atoms with Gasteiger partial charge in [-0.1, -0.05) is 18.2 Å². The van der Waals surface area contributed by atoms with Crippen LogP contribution >= 0.6 is 11.3 Å². The van der Waals surface area contributed by atoms with Crippen molar-refractivity contribution in [3.63, 3.8) is 0 Å². The predicted octanol–water partition coefficient (Wildman–Crippen LogP) is 3.41. The Morgan fingerprint density at radius 2 is 2.00 bits per heavy atom. The summed E-state index contributed by atoms with van der Waals surface area (Å²) in [5, 5.41) is 3.55. The maximum Gasteiger partial charge on any atom is 0.262 e. The molecule has 1 N–H and O–H groups in total. The molecule has 0 radical (unpaired) electrons. The number of hydrogen-bond acceptors (Lipinski definition) is 4. The van der Waals surface area contributed by atoms with E-state index in [-0.39, 0.29) is 17.9 Å². The molecule has 6 heteroatoms. The quantitative estimate of drug-likeness (QED) is 0.791. The van der Waals surface area contributed by atoms with E-state index in [9.17, 15) is 9.59 Å². The minimum atomic E-state index is -0.116. The molecule has 0 unspecified atom stereocenters. The molecule has 0 spiro atoms. The Morgan fingerprint density at radius 1 is 1.25 bits per heavy atom. The van der Waals surface area contributed by atoms with E-state index in [1.807, 2.05) is 45.0 Å². The molecule has 0 fully saturated rings. The number of para-hydroxylation sites is 1. The largest absolute Gasteiger partial charge is 0.326 e. The predicted molar refractivity (Wildman–Crippen MR) is 97.8 cm³/mol. The number of aryl methyl sites for hydroxylation is 4. The number of carbonyl (C=O) groups excluding carboxylic acids is 1. The first kappa shape index (κ1) is 16.4. The number of anilines is 1. The average Bonchev–Trinajstić information content (AvgIpc) is 2.84. The van der Waals surface area contributed by atoms with Crippen LogP contribution in [-0.2, 0) is 11.3 Å². The molecule has 3 rings (SSSR count). The third-order valence-corrected chi connectivity index (χ3v) is 5.27. The van der Waals surface area contributed by atoms with Gasteiger partial charge in [0.15, 0.2) is 0 Å². The number of aromatic nitrogens is 2. The normalized spacial score (nSPS) is 11.0. The fourth-order valence-corrected chi connectivity index (χ4v) is 3.56. The van der Waals surface area contributed by atoms with E-state index in [1.165, 1.54) is 22.2 Å². The highest BCUT2D eigenvalue weighted by Gasteiger charge is 2.13. The first-order chi connectivity index (χ1) is 11.5. The Balaban J connectivity index is 1.75. The lowest BCUT2D eigenvalue weighted by molar-refractivity contribution is -0.116. The monoisotopic (exact) mass is 341 g/mol. The second-order valence-electron chi connectivity index (χ2n) is 5.82. The highest BCUT2D eigenvalue weighted by Crippen LogP contribution is 2.25. The maximum absolute atomic E-state index is 12.6. The zero-order chi connectivity index (χ0) is 17.3. The molecule has 0 aliphatic rings. The molecular weight excluding hydrogens is 322 g/mol. The van der Waals surface area contributed by atoms with Crippen molar-refractivity contribution < 1.29 is 4.79 Å². The second-order valence-corrected chi connectivity index (χ2v) is 7.02. The first-order valence-corrected chi connectivity index (χ1v) is 8.59. The summed E-state index contributed by atoms with van der Waals surface area (Å²) >= 11 is 1.53. The van der Waals surface area contributed by atoms with Gasteiger partial charge in [0, 0.05) is 23.5 Å². The van der Waals surface area contributed by atoms with Crippen molar-refractivity contribution in [3.05, 3.63) is 57.0 Å². The fourth-order valence-electron chi connectivity index (χ4n) is 2.58. The van der Waals surface area contributed by atoms with Crippen LogP contribution in [0.5, 0.6) is 0 Å². The summed E-state index contributed by atoms with van der Waals surface area (Å²) in [7, 11) is 0. The molecule has 124 valence electrons. The van der Waals surface area contributed by atoms with E-state index in [2.05, 4.69) is 10.3 Å². The van der Waals surface area contributed by atoms with Crippen molar-refractivity contribution >= 4 is 33.1 Å². The van der Waals surface area contributed by atoms with Crippen molar-refractivity contribution in [3.8, 4) is 0 Å². The van der Waals surface area contributed by atoms with Gasteiger partial charge in [0.25, 0.3) is 5.56 Å². The minimum absolute atomic E-state index is 0.0782. The zero-order valence-electron chi connectivity index (χ0n) is 13.9. The van der Waals surface area contributed by atoms with Gasteiger partial charge in [-0.2, -0.15) is 0 Å². The van der Waals surface area contributed by atoms with Crippen LogP contribution in [0, 0.1) is 20.8 Å². The number of nitrogens with one attached hydrogen (secondary N) is 1. The van der Waals surface area contributed by atoms with Crippen LogP contribution in [0.4, 0.5) is 5.69 Å². The fraction of sp³-hybridized carbons (Fsp3) is 0.278. The van der Waals surface area contributed by atoms with E-state index >= 15 is 0 Å². The van der Waals surface area contributed by atoms with Crippen LogP contribution in [0.3, 0.4) is 0 Å². The summed E-state index contributed by atoms with van der Waals surface area (Å²) in [6.45, 7) is 6.18. The molecule has 0 aliphatic carbocycles. The Hall–Kier alpha value is -2.47. The van der Waals surface area contributed by atoms with Gasteiger partial charge in [-0.25, -0.2) is 4.98 Å². The van der Waals surface area contributed by atoms with Crippen LogP contribution < -0.4 is 10.9 Å². The third-order valence-electron chi connectivity index (χ3n) is 4.15. The summed E-state index contributed by atoms with van der Waals surface area (Å²) in [6, 6.07) is 7.62. The van der Waals surface area contributed by atoms with E-state index in [0.29, 0.717) is 11.9 Å². The SMILES string of the molecule is Cc1ccccc1NC(=O)CCn1cnc2sc(C)c(C)c2c1=O. The number of carbonyl (C=O) groups is 1. The lowest BCUT2D eigenvalue weighted by Gasteiger charge is -2.09. The molecule has 0 saturated heterocycles. The number of thiophene rings is 1. The van der Waals surface area contributed by atoms with Crippen molar-refractivity contribution in [2.45, 2.75) is 33.7 Å². The molecular formula is C18H19N3O2S. The Morgan fingerprint density at radius 3 is 2.75 bits per heavy atom. The first-order valence-electron chi connectivity index (χ1n) is 7.78. The van der Waals surface area contributed by atoms with Crippen molar-refractivity contribution in [2.24, 2.45) is 0 Å². The second kappa shape index (κ2) is 6.57. The highest BCUT2D eigenvalue weighted by molar-refractivity contribution is 7.18. The van der Waals surface area contributed by atoms with Crippen molar-refractivity contribution in [1.82, 2.24) is 9.55 Å². The van der Waals surface area contributed by atoms with Gasteiger partial charge < -0.3 is 5.32 Å². The summed E-state index contributed by atoms with van der Waals surface area (Å²) in [4.78, 5) is 30.9. The minimum Gasteiger partial charge on any atom is -0.326 e. The van der Waals surface area contributed by atoms with Crippen molar-refractivity contribution in [1.29, 1.82) is 0 Å². The van der Waals surface area contributed by atoms with Gasteiger partial charge in [0.2, 0.25) is 5.91 Å². The lowest BCUT2D eigenvalue weighted by atomic mass is 10.2. The van der Waals surface area contributed by atoms with Crippen LogP contribution in [0.1, 0.15) is 22.4 Å². The van der Waals surface area contributed by atoms with Crippen molar-refractivity contribution in [2.75, 3.05) is 5.32 Å². The van der Waals surface area contributed by atoms with Gasteiger partial charge in [0.05, 0.1) is 11.7 Å². The molecule has 2 heterocycles. The van der Waals surface area contributed by atoms with E-state index < -0.39 is 0 Å². The molecule has 5 nitrogen and oxygen atoms in total. The van der Waals surface area contributed by atoms with E-state index in [1.54, 1.807) is 0 Å². The average molecular weight is 341 g/mol. The van der Waals surface area contributed by atoms with E-state index in [4.69, 9.17) is 0 Å². The molecule has 2 aromatic heterocycles. The molecule has 0 aliphatic heterocycles. The Bertz CT molecular complexity index is 972. The lowest BCUT2D eigenvalue weighted by Crippen LogP contribution is -2.23. The molecule has 1 aromatic carbocycles. The topological polar surface area (TPSA) is 64.0 Å². The van der Waals surface area contributed by atoms with Gasteiger partial charge in [0.1, 0.15) is 4.83 Å². The van der Waals surface area contributed by atoms with Gasteiger partial charge in [-0.3, -0.25) is 14.2 Å². The standard InChI is InChI=1S/C18H19N3O2S/c1-11-6-4-5-7-14(11)20-15(22)8-9-21-10-19-17-16(18(21)23)12(2)13(3)24-17/h4-7,10H,8-9H2,1-3H3,(H,20,22). The number of rotatable bonds is 4. The van der Waals surface area contributed by atoms with Gasteiger partial charge >= 0.3 is 0 Å². The smallest absolute Gasteiger partial charge is 0.262 e. The summed E-state index contributed by atoms with van der Waals surface area (Å²) in [5.41, 5.74) is 2.71. The van der Waals surface area contributed by atoms with E-state index in [0.717, 1.165) is 26.5 Å². The molecule has 24 heavy (non-hydrogen) atoms. The molecule has 0 saturated carbocycles. The Kier molecular flexibility index (Phi) is 4.49. The van der Waals surface area contributed by atoms with Crippen LogP contribution in [-0.4, -0.2) is 15.5 Å². The summed E-state index contributed by atoms with van der Waals surface area (Å²) < 4.78 is 1.51. The molecule has 3 aromatic rings. The highest BCUT2D eigenvalue weighted by atomic mass is 32.1. The number of amides is 1. The number of fused-ring (bicyclic) bond motifs is 1. The summed E-state index contributed by atoms with van der Waals surface area (Å²) in [5.74, 6) is -0.116. The van der Waals surface area contributed by atoms with Crippen LogP contribution in [0.25, 0.3) is 10.2 Å². The Labute approximate surface area is 144 Å². The summed E-state index contributed by atoms with van der Waals surface area (Å²) in [6.07, 6.45) is 1.75. The van der Waals surface area contributed by atoms with Gasteiger partial charge in [-0.05, 0) is 38.0 Å². The molecule has 1 amide bonds. The van der Waals surface area contributed by atoms with Gasteiger partial charge in [-0.15, -0.1) is 11.3 Å². The molecule has 0 atom stereocenters. The molecule has 0 bridgehead atoms.